The number of carbonyl (C=O) groups is 2. The lowest BCUT2D eigenvalue weighted by Gasteiger charge is -2.21. The first kappa shape index (κ1) is 19.4. The summed E-state index contributed by atoms with van der Waals surface area (Å²) in [5, 5.41) is 16.8. The fourth-order valence-electron chi connectivity index (χ4n) is 3.04. The second-order valence-electron chi connectivity index (χ2n) is 6.54. The van der Waals surface area contributed by atoms with Crippen LogP contribution >= 0.6 is 11.8 Å². The average Bonchev–Trinajstić information content (AvgIpc) is 3.04. The Bertz CT molecular complexity index is 819. The Labute approximate surface area is 162 Å². The SMILES string of the molecule is CCCN(Cc1ccc(SC)cc1)C(=O)c1cc2n(n1)C[C@H](O)CNC2=O. The summed E-state index contributed by atoms with van der Waals surface area (Å²) >= 11 is 1.68. The van der Waals surface area contributed by atoms with Gasteiger partial charge in [0.2, 0.25) is 0 Å². The van der Waals surface area contributed by atoms with Crippen LogP contribution in [0.2, 0.25) is 0 Å². The maximum Gasteiger partial charge on any atom is 0.274 e. The molecule has 1 aromatic carbocycles. The summed E-state index contributed by atoms with van der Waals surface area (Å²) in [6.07, 6.45) is 2.12. The number of hydrogen-bond acceptors (Lipinski definition) is 5. The lowest BCUT2D eigenvalue weighted by Crippen LogP contribution is -2.32. The Balaban J connectivity index is 1.81. The third-order valence-electron chi connectivity index (χ3n) is 4.43. The van der Waals surface area contributed by atoms with E-state index in [9.17, 15) is 14.7 Å². The van der Waals surface area contributed by atoms with Crippen LogP contribution in [0.15, 0.2) is 35.2 Å². The number of amides is 2. The number of aliphatic hydroxyl groups is 1. The van der Waals surface area contributed by atoms with Crippen LogP contribution in [0, 0.1) is 0 Å². The van der Waals surface area contributed by atoms with E-state index in [1.54, 1.807) is 16.7 Å². The molecule has 0 aliphatic carbocycles. The molecule has 2 amide bonds. The van der Waals surface area contributed by atoms with Crippen molar-refractivity contribution >= 4 is 23.6 Å². The third kappa shape index (κ3) is 4.51. The van der Waals surface area contributed by atoms with Gasteiger partial charge in [-0.3, -0.25) is 14.3 Å². The molecule has 7 nitrogen and oxygen atoms in total. The Hall–Kier alpha value is -2.32. The number of rotatable bonds is 6. The molecule has 0 fully saturated rings. The molecule has 3 rings (SSSR count). The number of carbonyl (C=O) groups excluding carboxylic acids is 2. The fourth-order valence-corrected chi connectivity index (χ4v) is 3.45. The number of thioether (sulfide) groups is 1. The molecule has 144 valence electrons. The number of benzene rings is 1. The molecule has 1 atom stereocenters. The largest absolute Gasteiger partial charge is 0.389 e. The molecule has 0 bridgehead atoms. The summed E-state index contributed by atoms with van der Waals surface area (Å²) in [6.45, 7) is 3.46. The number of hydrogen-bond donors (Lipinski definition) is 2. The van der Waals surface area contributed by atoms with Crippen molar-refractivity contribution in [1.29, 1.82) is 0 Å². The van der Waals surface area contributed by atoms with Crippen LogP contribution < -0.4 is 5.32 Å². The highest BCUT2D eigenvalue weighted by Gasteiger charge is 2.26. The molecule has 0 saturated carbocycles. The minimum Gasteiger partial charge on any atom is -0.389 e. The van der Waals surface area contributed by atoms with Crippen molar-refractivity contribution in [3.8, 4) is 0 Å². The van der Waals surface area contributed by atoms with Gasteiger partial charge in [-0.1, -0.05) is 19.1 Å². The Morgan fingerprint density at radius 2 is 2.15 bits per heavy atom. The van der Waals surface area contributed by atoms with Gasteiger partial charge < -0.3 is 15.3 Å². The van der Waals surface area contributed by atoms with E-state index in [2.05, 4.69) is 10.4 Å². The lowest BCUT2D eigenvalue weighted by molar-refractivity contribution is 0.0735. The molecule has 2 N–H and O–H groups in total. The first-order valence-electron chi connectivity index (χ1n) is 8.98. The van der Waals surface area contributed by atoms with Crippen LogP contribution in [0.1, 0.15) is 39.9 Å². The van der Waals surface area contributed by atoms with E-state index in [0.717, 1.165) is 12.0 Å². The van der Waals surface area contributed by atoms with Gasteiger partial charge in [-0.25, -0.2) is 0 Å². The highest BCUT2D eigenvalue weighted by molar-refractivity contribution is 7.98. The zero-order valence-electron chi connectivity index (χ0n) is 15.5. The summed E-state index contributed by atoms with van der Waals surface area (Å²) in [6, 6.07) is 9.63. The topological polar surface area (TPSA) is 87.5 Å². The normalized spacial score (nSPS) is 16.4. The molecule has 8 heteroatoms. The fraction of sp³-hybridized carbons (Fsp3) is 0.421. The quantitative estimate of drug-likeness (QED) is 0.737. The first-order valence-corrected chi connectivity index (χ1v) is 10.2. The molecule has 1 aliphatic rings. The van der Waals surface area contributed by atoms with E-state index in [1.807, 2.05) is 37.4 Å². The highest BCUT2D eigenvalue weighted by Crippen LogP contribution is 2.17. The zero-order chi connectivity index (χ0) is 19.4. The molecule has 1 aliphatic heterocycles. The van der Waals surface area contributed by atoms with Crippen molar-refractivity contribution in [2.45, 2.75) is 37.4 Å². The van der Waals surface area contributed by atoms with E-state index < -0.39 is 6.10 Å². The van der Waals surface area contributed by atoms with E-state index in [4.69, 9.17) is 0 Å². The molecule has 2 aromatic rings. The Morgan fingerprint density at radius 1 is 1.41 bits per heavy atom. The molecule has 2 heterocycles. The second-order valence-corrected chi connectivity index (χ2v) is 7.42. The summed E-state index contributed by atoms with van der Waals surface area (Å²) in [7, 11) is 0. The third-order valence-corrected chi connectivity index (χ3v) is 5.17. The van der Waals surface area contributed by atoms with Crippen LogP contribution in [-0.2, 0) is 13.1 Å². The molecular formula is C19H24N4O3S. The molecule has 0 radical (unpaired) electrons. The van der Waals surface area contributed by atoms with E-state index in [-0.39, 0.29) is 30.6 Å². The highest BCUT2D eigenvalue weighted by atomic mass is 32.2. The van der Waals surface area contributed by atoms with Crippen molar-refractivity contribution in [3.63, 3.8) is 0 Å². The van der Waals surface area contributed by atoms with Crippen LogP contribution in [-0.4, -0.2) is 57.1 Å². The van der Waals surface area contributed by atoms with Gasteiger partial charge in [0, 0.05) is 30.6 Å². The van der Waals surface area contributed by atoms with Crippen molar-refractivity contribution in [1.82, 2.24) is 20.0 Å². The Kier molecular flexibility index (Phi) is 6.18. The summed E-state index contributed by atoms with van der Waals surface area (Å²) in [4.78, 5) is 28.0. The number of nitrogens with one attached hydrogen (secondary N) is 1. The van der Waals surface area contributed by atoms with Gasteiger partial charge in [0.15, 0.2) is 5.69 Å². The number of nitrogens with zero attached hydrogens (tertiary/aromatic N) is 3. The summed E-state index contributed by atoms with van der Waals surface area (Å²) < 4.78 is 1.41. The molecule has 0 unspecified atom stereocenters. The first-order chi connectivity index (χ1) is 13.0. The van der Waals surface area contributed by atoms with Crippen molar-refractivity contribution < 1.29 is 14.7 Å². The minimum absolute atomic E-state index is 0.180. The standard InChI is InChI=1S/C19H24N4O3S/c1-3-8-22(11-13-4-6-15(27-2)7-5-13)19(26)16-9-17-18(25)20-10-14(24)12-23(17)21-16/h4-7,9,14,24H,3,8,10-12H2,1-2H3,(H,20,25)/t14-/m1/s1. The van der Waals surface area contributed by atoms with Gasteiger partial charge in [-0.2, -0.15) is 5.10 Å². The van der Waals surface area contributed by atoms with E-state index in [0.29, 0.717) is 18.8 Å². The molecule has 27 heavy (non-hydrogen) atoms. The van der Waals surface area contributed by atoms with Crippen molar-refractivity contribution in [2.24, 2.45) is 0 Å². The van der Waals surface area contributed by atoms with Crippen LogP contribution in [0.25, 0.3) is 0 Å². The van der Waals surface area contributed by atoms with E-state index >= 15 is 0 Å². The molecule has 1 aromatic heterocycles. The zero-order valence-corrected chi connectivity index (χ0v) is 16.3. The van der Waals surface area contributed by atoms with Gasteiger partial charge in [0.05, 0.1) is 12.6 Å². The lowest BCUT2D eigenvalue weighted by atomic mass is 10.2. The number of fused-ring (bicyclic) bond motifs is 1. The summed E-state index contributed by atoms with van der Waals surface area (Å²) in [5.74, 6) is -0.540. The minimum atomic E-state index is -0.722. The van der Waals surface area contributed by atoms with Crippen molar-refractivity contribution in [2.75, 3.05) is 19.3 Å². The smallest absolute Gasteiger partial charge is 0.274 e. The second kappa shape index (κ2) is 8.58. The van der Waals surface area contributed by atoms with Crippen LogP contribution in [0.5, 0.6) is 0 Å². The maximum absolute atomic E-state index is 13.0. The maximum atomic E-state index is 13.0. The molecule has 0 saturated heterocycles. The monoisotopic (exact) mass is 388 g/mol. The van der Waals surface area contributed by atoms with E-state index in [1.165, 1.54) is 15.6 Å². The van der Waals surface area contributed by atoms with Crippen LogP contribution in [0.4, 0.5) is 0 Å². The van der Waals surface area contributed by atoms with Crippen LogP contribution in [0.3, 0.4) is 0 Å². The number of aromatic nitrogens is 2. The number of aliphatic hydroxyl groups excluding tert-OH is 1. The average molecular weight is 388 g/mol. The molecule has 0 spiro atoms. The summed E-state index contributed by atoms with van der Waals surface area (Å²) in [5.41, 5.74) is 1.57. The predicted octanol–water partition coefficient (Wildman–Crippen LogP) is 1.76. The van der Waals surface area contributed by atoms with Crippen molar-refractivity contribution in [3.05, 3.63) is 47.3 Å². The van der Waals surface area contributed by atoms with Gasteiger partial charge in [0.25, 0.3) is 11.8 Å². The Morgan fingerprint density at radius 3 is 2.81 bits per heavy atom. The van der Waals surface area contributed by atoms with Gasteiger partial charge in [-0.15, -0.1) is 11.8 Å². The van der Waals surface area contributed by atoms with Gasteiger partial charge >= 0.3 is 0 Å². The van der Waals surface area contributed by atoms with Gasteiger partial charge in [0.1, 0.15) is 5.69 Å². The molecular weight excluding hydrogens is 364 g/mol. The number of β-amino-alcohol motifs (C(OH)–C–C–N with tert-alkyl or cyclic N) is 1. The predicted molar refractivity (Wildman–Crippen MR) is 104 cm³/mol. The van der Waals surface area contributed by atoms with Gasteiger partial charge in [-0.05, 0) is 30.4 Å².